The van der Waals surface area contributed by atoms with Gasteiger partial charge in [-0.05, 0) is 102 Å². The van der Waals surface area contributed by atoms with E-state index in [0.717, 1.165) is 4.90 Å². The van der Waals surface area contributed by atoms with Gasteiger partial charge in [0.2, 0.25) is 47.3 Å². The van der Waals surface area contributed by atoms with E-state index in [2.05, 4.69) is 10.6 Å². The van der Waals surface area contributed by atoms with E-state index in [1.807, 2.05) is 81.4 Å². The molecule has 86 heavy (non-hydrogen) atoms. The van der Waals surface area contributed by atoms with Crippen molar-refractivity contribution >= 4 is 65.0 Å². The molecule has 0 aromatic carbocycles. The molecule has 0 aromatic rings. The number of amides is 8. The summed E-state index contributed by atoms with van der Waals surface area (Å²) in [5.41, 5.74) is -0.750. The first-order valence-electron chi connectivity index (χ1n) is 30.7. The number of allylic oxidation sites excluding steroid dienone is 2. The molecule has 494 valence electrons. The highest BCUT2D eigenvalue weighted by Gasteiger charge is 2.46. The molecule has 0 bridgehead atoms. The lowest BCUT2D eigenvalue weighted by Crippen LogP contribution is -2.63. The van der Waals surface area contributed by atoms with Crippen LogP contribution in [0, 0.1) is 47.3 Å². The maximum atomic E-state index is 15.1. The van der Waals surface area contributed by atoms with Gasteiger partial charge in [-0.15, -0.1) is 0 Å². The summed E-state index contributed by atoms with van der Waals surface area (Å²) >= 11 is 0. The molecular formula is C64H114N8O14. The molecule has 0 aliphatic rings. The van der Waals surface area contributed by atoms with Gasteiger partial charge >= 0.3 is 11.9 Å². The van der Waals surface area contributed by atoms with Gasteiger partial charge in [0, 0.05) is 61.7 Å². The number of methoxy groups -OCH3 is 2. The predicted octanol–water partition coefficient (Wildman–Crippen LogP) is 6.16. The lowest BCUT2D eigenvalue weighted by molar-refractivity contribution is -0.159. The highest BCUT2D eigenvalue weighted by atomic mass is 16.6. The maximum absolute atomic E-state index is 15.1. The van der Waals surface area contributed by atoms with Gasteiger partial charge in [0.25, 0.3) is 0 Å². The summed E-state index contributed by atoms with van der Waals surface area (Å²) in [6.07, 6.45) is 3.70. The molecule has 0 spiro atoms. The van der Waals surface area contributed by atoms with Gasteiger partial charge in [-0.3, -0.25) is 52.7 Å². The second-order valence-electron chi connectivity index (χ2n) is 26.5. The van der Waals surface area contributed by atoms with Gasteiger partial charge in [-0.25, -0.2) is 0 Å². The highest BCUT2D eigenvalue weighted by Crippen LogP contribution is 2.28. The van der Waals surface area contributed by atoms with Crippen LogP contribution in [0.15, 0.2) is 12.2 Å². The minimum Gasteiger partial charge on any atom is -0.468 e. The van der Waals surface area contributed by atoms with Crippen LogP contribution in [0.3, 0.4) is 0 Å². The number of nitrogens with zero attached hydrogens (tertiary/aromatic N) is 6. The lowest BCUT2D eigenvalue weighted by atomic mass is 9.88. The number of Topliss-reactive ketones (excluding diaryl/α,β-unsaturated/α-hetero) is 1. The fourth-order valence-electron chi connectivity index (χ4n) is 10.6. The Morgan fingerprint density at radius 2 is 0.988 bits per heavy atom. The van der Waals surface area contributed by atoms with E-state index in [1.165, 1.54) is 87.9 Å². The van der Waals surface area contributed by atoms with Crippen molar-refractivity contribution in [1.29, 1.82) is 0 Å². The molecule has 0 aromatic heterocycles. The summed E-state index contributed by atoms with van der Waals surface area (Å²) < 4.78 is 16.2. The monoisotopic (exact) mass is 1220 g/mol. The minimum atomic E-state index is -1.32. The van der Waals surface area contributed by atoms with Crippen LogP contribution >= 0.6 is 0 Å². The number of ether oxygens (including phenoxy) is 3. The van der Waals surface area contributed by atoms with Crippen molar-refractivity contribution in [3.05, 3.63) is 12.2 Å². The van der Waals surface area contributed by atoms with Gasteiger partial charge in [0.1, 0.15) is 48.4 Å². The van der Waals surface area contributed by atoms with E-state index in [9.17, 15) is 38.4 Å². The first-order chi connectivity index (χ1) is 39.6. The molecule has 0 unspecified atom stereocenters. The quantitative estimate of drug-likeness (QED) is 0.0526. The Morgan fingerprint density at radius 1 is 0.523 bits per heavy atom. The third-order valence-corrected chi connectivity index (χ3v) is 15.6. The first-order valence-corrected chi connectivity index (χ1v) is 30.7. The average Bonchev–Trinajstić information content (AvgIpc) is 2.98. The molecule has 22 heteroatoms. The van der Waals surface area contributed by atoms with Crippen molar-refractivity contribution in [2.24, 2.45) is 47.3 Å². The standard InChI is InChI=1S/C64H114N8O14/c1-27-29-30-42(13)55(85-26)54(57(77)66-46(28-2)60(80)67(19)36-52(75)84-25)72(24)63(83)53(41(11)12)71(23)62(82)49(33-39(7)8)70(22)61(81)48(32-38(5)6)69(21)58(78)44(15)65-56(76)43(14)34-50(73)47(31-37(3)4)68(20)59(79)45(40(9)10)35-51(74)86-64(16,17)18/h27,29,37-49,53-55H,28,30-36H2,1-26H3,(H,65,76)(H,66,77)/b29-27+/t42-,43-,44-,45+,46+,47+,48+,49+,53+,54+,55-/m1/s1. The highest BCUT2D eigenvalue weighted by molar-refractivity contribution is 5.98. The van der Waals surface area contributed by atoms with Crippen LogP contribution in [-0.2, 0) is 67.0 Å². The number of nitrogens with one attached hydrogen (secondary N) is 2. The van der Waals surface area contributed by atoms with E-state index in [0.29, 0.717) is 12.8 Å². The van der Waals surface area contributed by atoms with Crippen LogP contribution in [0.25, 0.3) is 0 Å². The summed E-state index contributed by atoms with van der Waals surface area (Å²) in [5.74, 6) is -9.22. The molecule has 22 nitrogen and oxygen atoms in total. The summed E-state index contributed by atoms with van der Waals surface area (Å²) in [5, 5.41) is 5.54. The topological polar surface area (TPSA) is 259 Å². The minimum absolute atomic E-state index is 0.0128. The van der Waals surface area contributed by atoms with Crippen molar-refractivity contribution in [3.63, 3.8) is 0 Å². The zero-order chi connectivity index (χ0) is 67.2. The molecule has 0 rings (SSSR count). The van der Waals surface area contributed by atoms with Gasteiger partial charge < -0.3 is 54.2 Å². The number of carbonyl (C=O) groups is 11. The van der Waals surface area contributed by atoms with Crippen molar-refractivity contribution in [2.75, 3.05) is 63.1 Å². The smallest absolute Gasteiger partial charge is 0.325 e. The SMILES string of the molecule is C/C=C/C[C@@H](C)[C@@H](OC)[C@@H](C(=O)N[C@@H](CC)C(=O)N(C)CC(=O)OC)N(C)C(=O)[C@H](C(C)C)N(C)C(=O)[C@H](CC(C)C)N(C)C(=O)[C@H](CC(C)C)N(C)C(=O)[C@@H](C)NC(=O)[C@H](C)CC(=O)[C@H](CC(C)C)N(C)C(=O)[C@@H](CC(=O)OC(C)(C)C)C(C)C. The molecule has 0 saturated heterocycles. The lowest BCUT2D eigenvalue weighted by Gasteiger charge is -2.42. The Bertz CT molecular complexity index is 2300. The third kappa shape index (κ3) is 24.7. The number of hydrogen-bond donors (Lipinski definition) is 2. The molecule has 11 atom stereocenters. The van der Waals surface area contributed by atoms with Crippen molar-refractivity contribution < 1.29 is 67.0 Å². The second-order valence-corrected chi connectivity index (χ2v) is 26.5. The van der Waals surface area contributed by atoms with E-state index in [4.69, 9.17) is 14.2 Å². The summed E-state index contributed by atoms with van der Waals surface area (Å²) in [4.78, 5) is 162. The van der Waals surface area contributed by atoms with E-state index in [-0.39, 0.29) is 79.9 Å². The van der Waals surface area contributed by atoms with Crippen molar-refractivity contribution in [1.82, 2.24) is 40.0 Å². The molecule has 0 aliphatic carbocycles. The van der Waals surface area contributed by atoms with Gasteiger partial charge in [-0.1, -0.05) is 102 Å². The van der Waals surface area contributed by atoms with Crippen LogP contribution in [-0.4, -0.2) is 211 Å². The van der Waals surface area contributed by atoms with Crippen molar-refractivity contribution in [3.8, 4) is 0 Å². The normalized spacial score (nSPS) is 15.8. The summed E-state index contributed by atoms with van der Waals surface area (Å²) in [6, 6.07) is -7.92. The maximum Gasteiger partial charge on any atom is 0.325 e. The Kier molecular flexibility index (Phi) is 34.5. The van der Waals surface area contributed by atoms with Gasteiger partial charge in [0.15, 0.2) is 5.78 Å². The van der Waals surface area contributed by atoms with E-state index >= 15 is 14.4 Å². The molecule has 0 fully saturated rings. The fourth-order valence-corrected chi connectivity index (χ4v) is 10.6. The zero-order valence-corrected chi connectivity index (χ0v) is 57.4. The Labute approximate surface area is 516 Å². The molecule has 2 N–H and O–H groups in total. The second kappa shape index (κ2) is 37.0. The number of hydrogen-bond acceptors (Lipinski definition) is 14. The molecule has 8 amide bonds. The number of likely N-dealkylation sites (N-methyl/N-ethyl adjacent to an activating group) is 6. The van der Waals surface area contributed by atoms with E-state index < -0.39 is 125 Å². The van der Waals surface area contributed by atoms with Crippen LogP contribution in [0.1, 0.15) is 170 Å². The van der Waals surface area contributed by atoms with Crippen LogP contribution < -0.4 is 10.6 Å². The van der Waals surface area contributed by atoms with Crippen LogP contribution in [0.2, 0.25) is 0 Å². The zero-order valence-electron chi connectivity index (χ0n) is 57.4. The molecule has 0 aliphatic heterocycles. The first kappa shape index (κ1) is 80.1. The molecule has 0 saturated carbocycles. The number of ketones is 1. The Morgan fingerprint density at radius 3 is 1.42 bits per heavy atom. The number of rotatable bonds is 36. The Hall–Kier alpha value is -5.93. The number of esters is 2. The van der Waals surface area contributed by atoms with E-state index in [1.54, 1.807) is 48.5 Å². The van der Waals surface area contributed by atoms with Crippen molar-refractivity contribution in [2.45, 2.75) is 224 Å². The molecular weight excluding hydrogens is 1100 g/mol. The summed E-state index contributed by atoms with van der Waals surface area (Å²) in [7, 11) is 11.4. The average molecular weight is 1220 g/mol. The molecule has 0 radical (unpaired) electrons. The van der Waals surface area contributed by atoms with Gasteiger partial charge in [-0.2, -0.15) is 0 Å². The predicted molar refractivity (Wildman–Crippen MR) is 332 cm³/mol. The van der Waals surface area contributed by atoms with Gasteiger partial charge in [0.05, 0.1) is 31.6 Å². The number of carbonyl (C=O) groups excluding carboxylic acids is 11. The summed E-state index contributed by atoms with van der Waals surface area (Å²) in [6.45, 7) is 31.9. The van der Waals surface area contributed by atoms with Crippen LogP contribution in [0.4, 0.5) is 0 Å². The molecule has 0 heterocycles. The Balaban J connectivity index is 7.04. The largest absolute Gasteiger partial charge is 0.468 e. The van der Waals surface area contributed by atoms with Crippen LogP contribution in [0.5, 0.6) is 0 Å². The third-order valence-electron chi connectivity index (χ3n) is 15.6. The fraction of sp³-hybridized carbons (Fsp3) is 0.797.